The van der Waals surface area contributed by atoms with Crippen LogP contribution in [-0.2, 0) is 4.79 Å². The van der Waals surface area contributed by atoms with Crippen LogP contribution in [0.25, 0.3) is 10.9 Å². The van der Waals surface area contributed by atoms with E-state index in [9.17, 15) is 4.79 Å². The van der Waals surface area contributed by atoms with Crippen molar-refractivity contribution in [1.29, 1.82) is 0 Å². The van der Waals surface area contributed by atoms with E-state index in [1.165, 1.54) is 0 Å². The number of carbonyl (C=O) groups excluding carboxylic acids is 1. The third-order valence-corrected chi connectivity index (χ3v) is 3.94. The highest BCUT2D eigenvalue weighted by Gasteiger charge is 2.05. The van der Waals surface area contributed by atoms with Crippen molar-refractivity contribution in [2.45, 2.75) is 13.8 Å². The molecule has 0 fully saturated rings. The van der Waals surface area contributed by atoms with Gasteiger partial charge >= 0.3 is 0 Å². The van der Waals surface area contributed by atoms with Gasteiger partial charge in [0.2, 0.25) is 0 Å². The first-order valence-corrected chi connectivity index (χ1v) is 8.53. The van der Waals surface area contributed by atoms with Gasteiger partial charge in [-0.15, -0.1) is 0 Å². The number of carbonyl (C=O) groups is 1. The number of fused-ring (bicyclic) bond motifs is 1. The first-order valence-electron chi connectivity index (χ1n) is 8.53. The number of nitrogens with one attached hydrogen (secondary N) is 3. The third kappa shape index (κ3) is 4.22. The smallest absolute Gasteiger partial charge is 0.259 e. The summed E-state index contributed by atoms with van der Waals surface area (Å²) in [5.41, 5.74) is 6.43. The highest BCUT2D eigenvalue weighted by molar-refractivity contribution is 6.00. The summed E-state index contributed by atoms with van der Waals surface area (Å²) < 4.78 is 5.39. The van der Waals surface area contributed by atoms with Gasteiger partial charge in [-0.3, -0.25) is 4.79 Å². The second-order valence-corrected chi connectivity index (χ2v) is 5.81. The van der Waals surface area contributed by atoms with Gasteiger partial charge in [-0.25, -0.2) is 5.43 Å². The number of hydrogen-bond donors (Lipinski definition) is 3. The molecule has 0 saturated carbocycles. The Bertz CT molecular complexity index is 913. The van der Waals surface area contributed by atoms with Crippen LogP contribution in [-0.4, -0.2) is 30.3 Å². The number of benzene rings is 2. The predicted octanol–water partition coefficient (Wildman–Crippen LogP) is 3.44. The summed E-state index contributed by atoms with van der Waals surface area (Å²) in [6, 6.07) is 15.5. The van der Waals surface area contributed by atoms with E-state index in [1.807, 2.05) is 62.4 Å². The Balaban J connectivity index is 1.53. The third-order valence-electron chi connectivity index (χ3n) is 3.94. The molecule has 3 N–H and O–H groups in total. The number of aromatic nitrogens is 1. The number of ether oxygens (including phenoxy) is 1. The Labute approximate surface area is 152 Å². The van der Waals surface area contributed by atoms with Crippen molar-refractivity contribution in [1.82, 2.24) is 10.4 Å². The lowest BCUT2D eigenvalue weighted by molar-refractivity contribution is -0.119. The molecule has 1 amide bonds. The Hall–Kier alpha value is -3.28. The molecule has 0 spiro atoms. The largest absolute Gasteiger partial charge is 0.494 e. The minimum Gasteiger partial charge on any atom is -0.494 e. The SMILES string of the molecule is CCOc1ccc(NCC(=O)N/N=C/c2c(C)[nH]c3ccccc23)cc1. The molecular weight excluding hydrogens is 328 g/mol. The minimum atomic E-state index is -0.215. The van der Waals surface area contributed by atoms with Crippen LogP contribution in [0.3, 0.4) is 0 Å². The molecule has 0 unspecified atom stereocenters. The van der Waals surface area contributed by atoms with Crippen molar-refractivity contribution in [3.05, 3.63) is 59.8 Å². The van der Waals surface area contributed by atoms with E-state index in [1.54, 1.807) is 6.21 Å². The maximum Gasteiger partial charge on any atom is 0.259 e. The number of para-hydroxylation sites is 1. The summed E-state index contributed by atoms with van der Waals surface area (Å²) in [6.45, 7) is 4.69. The molecule has 3 rings (SSSR count). The highest BCUT2D eigenvalue weighted by atomic mass is 16.5. The number of aromatic amines is 1. The topological polar surface area (TPSA) is 78.5 Å². The fourth-order valence-electron chi connectivity index (χ4n) is 2.69. The van der Waals surface area contributed by atoms with Gasteiger partial charge in [0.25, 0.3) is 5.91 Å². The van der Waals surface area contributed by atoms with E-state index in [2.05, 4.69) is 20.8 Å². The van der Waals surface area contributed by atoms with Gasteiger partial charge in [-0.1, -0.05) is 18.2 Å². The molecule has 3 aromatic rings. The van der Waals surface area contributed by atoms with E-state index in [4.69, 9.17) is 4.74 Å². The average molecular weight is 350 g/mol. The average Bonchev–Trinajstić information content (AvgIpc) is 2.97. The summed E-state index contributed by atoms with van der Waals surface area (Å²) in [4.78, 5) is 15.2. The number of nitrogens with zero attached hydrogens (tertiary/aromatic N) is 1. The Morgan fingerprint density at radius 2 is 1.96 bits per heavy atom. The molecule has 0 saturated heterocycles. The van der Waals surface area contributed by atoms with Crippen LogP contribution >= 0.6 is 0 Å². The molecule has 1 heterocycles. The van der Waals surface area contributed by atoms with Crippen molar-refractivity contribution in [2.75, 3.05) is 18.5 Å². The van der Waals surface area contributed by atoms with Gasteiger partial charge in [0.05, 0.1) is 19.4 Å². The van der Waals surface area contributed by atoms with Crippen LogP contribution in [0.2, 0.25) is 0 Å². The van der Waals surface area contributed by atoms with Crippen LogP contribution < -0.4 is 15.5 Å². The van der Waals surface area contributed by atoms with Crippen LogP contribution in [0, 0.1) is 6.92 Å². The molecule has 0 aliphatic rings. The lowest BCUT2D eigenvalue weighted by Crippen LogP contribution is -2.25. The lowest BCUT2D eigenvalue weighted by Gasteiger charge is -2.07. The molecule has 2 aromatic carbocycles. The van der Waals surface area contributed by atoms with Crippen LogP contribution in [0.4, 0.5) is 5.69 Å². The van der Waals surface area contributed by atoms with Crippen molar-refractivity contribution in [3.63, 3.8) is 0 Å². The predicted molar refractivity (Wildman–Crippen MR) is 105 cm³/mol. The summed E-state index contributed by atoms with van der Waals surface area (Å²) in [5, 5.41) is 8.20. The van der Waals surface area contributed by atoms with Gasteiger partial charge in [0.1, 0.15) is 5.75 Å². The maximum absolute atomic E-state index is 11.9. The maximum atomic E-state index is 11.9. The highest BCUT2D eigenvalue weighted by Crippen LogP contribution is 2.19. The zero-order chi connectivity index (χ0) is 18.4. The molecule has 0 bridgehead atoms. The molecule has 26 heavy (non-hydrogen) atoms. The van der Waals surface area contributed by atoms with E-state index in [-0.39, 0.29) is 12.5 Å². The van der Waals surface area contributed by atoms with Gasteiger partial charge in [0.15, 0.2) is 0 Å². The Morgan fingerprint density at radius 1 is 1.19 bits per heavy atom. The number of anilines is 1. The van der Waals surface area contributed by atoms with Crippen molar-refractivity contribution < 1.29 is 9.53 Å². The lowest BCUT2D eigenvalue weighted by atomic mass is 10.1. The first-order chi connectivity index (χ1) is 12.7. The van der Waals surface area contributed by atoms with E-state index < -0.39 is 0 Å². The molecule has 0 radical (unpaired) electrons. The van der Waals surface area contributed by atoms with Crippen molar-refractivity contribution >= 4 is 28.7 Å². The van der Waals surface area contributed by atoms with Crippen LogP contribution in [0.15, 0.2) is 53.6 Å². The van der Waals surface area contributed by atoms with Gasteiger partial charge in [-0.2, -0.15) is 5.10 Å². The normalized spacial score (nSPS) is 11.0. The molecule has 0 aliphatic carbocycles. The van der Waals surface area contributed by atoms with E-state index in [0.717, 1.165) is 33.6 Å². The van der Waals surface area contributed by atoms with Crippen LogP contribution in [0.5, 0.6) is 5.75 Å². The number of H-pyrrole nitrogens is 1. The first kappa shape index (κ1) is 17.5. The molecule has 0 atom stereocenters. The van der Waals surface area contributed by atoms with E-state index in [0.29, 0.717) is 6.61 Å². The Morgan fingerprint density at radius 3 is 2.73 bits per heavy atom. The summed E-state index contributed by atoms with van der Waals surface area (Å²) in [7, 11) is 0. The fraction of sp³-hybridized carbons (Fsp3) is 0.200. The van der Waals surface area contributed by atoms with Crippen LogP contribution in [0.1, 0.15) is 18.2 Å². The fourth-order valence-corrected chi connectivity index (χ4v) is 2.69. The molecular formula is C20H22N4O2. The zero-order valence-corrected chi connectivity index (χ0v) is 14.9. The van der Waals surface area contributed by atoms with Gasteiger partial charge in [0, 0.05) is 27.8 Å². The standard InChI is InChI=1S/C20H22N4O2/c1-3-26-16-10-8-15(9-11-16)21-13-20(25)24-22-12-18-14(2)23-19-7-5-4-6-17(18)19/h4-12,21,23H,3,13H2,1-2H3,(H,24,25)/b22-12+. The quantitative estimate of drug-likeness (QED) is 0.451. The summed E-state index contributed by atoms with van der Waals surface area (Å²) >= 11 is 0. The molecule has 6 nitrogen and oxygen atoms in total. The van der Waals surface area contributed by atoms with Gasteiger partial charge in [-0.05, 0) is 44.2 Å². The molecule has 0 aliphatic heterocycles. The number of aryl methyl sites for hydroxylation is 1. The van der Waals surface area contributed by atoms with Gasteiger partial charge < -0.3 is 15.0 Å². The zero-order valence-electron chi connectivity index (χ0n) is 14.9. The number of hydrogen-bond acceptors (Lipinski definition) is 4. The molecule has 134 valence electrons. The molecule has 6 heteroatoms. The van der Waals surface area contributed by atoms with E-state index >= 15 is 0 Å². The number of hydrazone groups is 1. The molecule has 1 aromatic heterocycles. The second kappa shape index (κ2) is 8.20. The summed E-state index contributed by atoms with van der Waals surface area (Å²) in [5.74, 6) is 0.592. The second-order valence-electron chi connectivity index (χ2n) is 5.81. The number of rotatable bonds is 7. The summed E-state index contributed by atoms with van der Waals surface area (Å²) in [6.07, 6.45) is 1.67. The van der Waals surface area contributed by atoms with Crippen molar-refractivity contribution in [3.8, 4) is 5.75 Å². The number of amides is 1. The minimum absolute atomic E-state index is 0.137. The monoisotopic (exact) mass is 350 g/mol. The van der Waals surface area contributed by atoms with Crippen molar-refractivity contribution in [2.24, 2.45) is 5.10 Å². The Kier molecular flexibility index (Phi) is 5.53.